The fourth-order valence-corrected chi connectivity index (χ4v) is 2.14. The third kappa shape index (κ3) is 3.08. The molecule has 0 aliphatic carbocycles. The van der Waals surface area contributed by atoms with Crippen molar-refractivity contribution in [1.29, 1.82) is 0 Å². The summed E-state index contributed by atoms with van der Waals surface area (Å²) in [7, 11) is 0. The molecule has 120 valence electrons. The van der Waals surface area contributed by atoms with Crippen molar-refractivity contribution in [2.24, 2.45) is 0 Å². The van der Waals surface area contributed by atoms with E-state index >= 15 is 0 Å². The van der Waals surface area contributed by atoms with Crippen LogP contribution in [0.1, 0.15) is 16.8 Å². The predicted molar refractivity (Wildman–Crippen MR) is 76.3 cm³/mol. The monoisotopic (exact) mass is 323 g/mol. The van der Waals surface area contributed by atoms with Gasteiger partial charge in [-0.05, 0) is 24.3 Å². The van der Waals surface area contributed by atoms with E-state index in [4.69, 9.17) is 9.47 Å². The topological polar surface area (TPSA) is 47.6 Å². The van der Waals surface area contributed by atoms with Crippen molar-refractivity contribution in [1.82, 2.24) is 0 Å². The summed E-state index contributed by atoms with van der Waals surface area (Å²) in [6, 6.07) is 6.25. The highest BCUT2D eigenvalue weighted by atomic mass is 19.2. The Labute approximate surface area is 129 Å². The Hall–Kier alpha value is -2.70. The number of rotatable bonds is 2. The van der Waals surface area contributed by atoms with Crippen molar-refractivity contribution in [3.8, 4) is 11.5 Å². The molecule has 0 saturated heterocycles. The third-order valence-electron chi connectivity index (χ3n) is 3.29. The molecule has 0 atom stereocenters. The first-order valence-electron chi connectivity index (χ1n) is 6.91. The molecule has 1 heterocycles. The number of amides is 1. The predicted octanol–water partition coefficient (Wildman–Crippen LogP) is 3.52. The van der Waals surface area contributed by atoms with Gasteiger partial charge in [-0.1, -0.05) is 0 Å². The van der Waals surface area contributed by atoms with Crippen molar-refractivity contribution in [3.05, 3.63) is 53.3 Å². The maximum Gasteiger partial charge on any atom is 0.258 e. The standard InChI is InChI=1S/C16H12F3NO3/c17-11-4-3-10(14(18)15(11)19)16(21)20-9-2-5-12-13(8-9)23-7-1-6-22-12/h2-5,8H,1,6-7H2,(H,20,21). The summed E-state index contributed by atoms with van der Waals surface area (Å²) in [4.78, 5) is 12.0. The minimum atomic E-state index is -1.68. The van der Waals surface area contributed by atoms with Crippen molar-refractivity contribution in [3.63, 3.8) is 0 Å². The molecule has 1 amide bonds. The van der Waals surface area contributed by atoms with E-state index in [2.05, 4.69) is 5.32 Å². The van der Waals surface area contributed by atoms with Gasteiger partial charge in [0.05, 0.1) is 18.8 Å². The summed E-state index contributed by atoms with van der Waals surface area (Å²) in [6.45, 7) is 1.00. The zero-order valence-corrected chi connectivity index (χ0v) is 11.9. The van der Waals surface area contributed by atoms with Crippen LogP contribution in [0.3, 0.4) is 0 Å². The molecule has 1 aliphatic rings. The van der Waals surface area contributed by atoms with Gasteiger partial charge >= 0.3 is 0 Å². The van der Waals surface area contributed by atoms with Crippen LogP contribution < -0.4 is 14.8 Å². The van der Waals surface area contributed by atoms with Gasteiger partial charge in [-0.25, -0.2) is 13.2 Å². The summed E-state index contributed by atoms with van der Waals surface area (Å²) in [6.07, 6.45) is 0.733. The molecule has 3 rings (SSSR count). The molecule has 23 heavy (non-hydrogen) atoms. The fraction of sp³-hybridized carbons (Fsp3) is 0.188. The minimum absolute atomic E-state index is 0.323. The number of carbonyl (C=O) groups excluding carboxylic acids is 1. The van der Waals surface area contributed by atoms with Crippen molar-refractivity contribution in [2.45, 2.75) is 6.42 Å². The van der Waals surface area contributed by atoms with Crippen molar-refractivity contribution >= 4 is 11.6 Å². The Morgan fingerprint density at radius 2 is 1.70 bits per heavy atom. The summed E-state index contributed by atoms with van der Waals surface area (Å²) in [5, 5.41) is 2.41. The van der Waals surface area contributed by atoms with E-state index in [-0.39, 0.29) is 0 Å². The summed E-state index contributed by atoms with van der Waals surface area (Å²) in [5.41, 5.74) is -0.264. The van der Waals surface area contributed by atoms with Crippen LogP contribution in [0, 0.1) is 17.5 Å². The number of carbonyl (C=O) groups is 1. The molecule has 0 saturated carbocycles. The summed E-state index contributed by atoms with van der Waals surface area (Å²) >= 11 is 0. The van der Waals surface area contributed by atoms with E-state index in [0.29, 0.717) is 36.5 Å². The number of benzene rings is 2. The van der Waals surface area contributed by atoms with Crippen LogP contribution in [-0.4, -0.2) is 19.1 Å². The van der Waals surface area contributed by atoms with Gasteiger partial charge in [-0.3, -0.25) is 4.79 Å². The number of nitrogens with one attached hydrogen (secondary N) is 1. The molecule has 0 bridgehead atoms. The van der Waals surface area contributed by atoms with Gasteiger partial charge in [0.1, 0.15) is 0 Å². The van der Waals surface area contributed by atoms with Crippen LogP contribution in [0.2, 0.25) is 0 Å². The van der Waals surface area contributed by atoms with E-state index < -0.39 is 28.9 Å². The minimum Gasteiger partial charge on any atom is -0.490 e. The first kappa shape index (κ1) is 15.2. The lowest BCUT2D eigenvalue weighted by atomic mass is 10.1. The highest BCUT2D eigenvalue weighted by Crippen LogP contribution is 2.32. The van der Waals surface area contributed by atoms with Gasteiger partial charge in [-0.2, -0.15) is 0 Å². The second-order valence-corrected chi connectivity index (χ2v) is 4.89. The van der Waals surface area contributed by atoms with Gasteiger partial charge in [0, 0.05) is 18.2 Å². The average molecular weight is 323 g/mol. The zero-order valence-electron chi connectivity index (χ0n) is 11.9. The van der Waals surface area contributed by atoms with Crippen molar-refractivity contribution < 1.29 is 27.4 Å². The lowest BCUT2D eigenvalue weighted by molar-refractivity contribution is 0.102. The number of fused-ring (bicyclic) bond motifs is 1. The van der Waals surface area contributed by atoms with E-state index in [1.54, 1.807) is 12.1 Å². The highest BCUT2D eigenvalue weighted by molar-refractivity contribution is 6.04. The second kappa shape index (κ2) is 6.20. The fourth-order valence-electron chi connectivity index (χ4n) is 2.14. The average Bonchev–Trinajstić information content (AvgIpc) is 2.77. The van der Waals surface area contributed by atoms with Crippen LogP contribution in [0.5, 0.6) is 11.5 Å². The Morgan fingerprint density at radius 3 is 2.48 bits per heavy atom. The van der Waals surface area contributed by atoms with Gasteiger partial charge in [0.2, 0.25) is 0 Å². The Kier molecular flexibility index (Phi) is 4.10. The molecule has 0 fully saturated rings. The van der Waals surface area contributed by atoms with Gasteiger partial charge in [0.25, 0.3) is 5.91 Å². The molecule has 7 heteroatoms. The van der Waals surface area contributed by atoms with E-state index in [1.807, 2.05) is 0 Å². The molecule has 0 unspecified atom stereocenters. The van der Waals surface area contributed by atoms with E-state index in [1.165, 1.54) is 6.07 Å². The zero-order chi connectivity index (χ0) is 16.4. The Balaban J connectivity index is 1.83. The van der Waals surface area contributed by atoms with Crippen LogP contribution in [0.25, 0.3) is 0 Å². The van der Waals surface area contributed by atoms with Crippen LogP contribution in [0.15, 0.2) is 30.3 Å². The quantitative estimate of drug-likeness (QED) is 0.860. The number of halogens is 3. The lowest BCUT2D eigenvalue weighted by Crippen LogP contribution is -2.15. The third-order valence-corrected chi connectivity index (χ3v) is 3.29. The number of ether oxygens (including phenoxy) is 2. The van der Waals surface area contributed by atoms with Crippen LogP contribution in [-0.2, 0) is 0 Å². The number of hydrogen-bond donors (Lipinski definition) is 1. The summed E-state index contributed by atoms with van der Waals surface area (Å²) in [5.74, 6) is -4.47. The normalized spacial score (nSPS) is 13.3. The van der Waals surface area contributed by atoms with E-state index in [0.717, 1.165) is 12.5 Å². The lowest BCUT2D eigenvalue weighted by Gasteiger charge is -2.11. The Bertz CT molecular complexity index is 764. The largest absolute Gasteiger partial charge is 0.490 e. The first-order valence-corrected chi connectivity index (χ1v) is 6.91. The number of anilines is 1. The molecular formula is C16H12F3NO3. The molecule has 2 aromatic rings. The molecular weight excluding hydrogens is 311 g/mol. The van der Waals surface area contributed by atoms with Gasteiger partial charge < -0.3 is 14.8 Å². The molecule has 1 N–H and O–H groups in total. The SMILES string of the molecule is O=C(Nc1ccc2c(c1)OCCCO2)c1ccc(F)c(F)c1F. The van der Waals surface area contributed by atoms with E-state index in [9.17, 15) is 18.0 Å². The molecule has 2 aromatic carbocycles. The van der Waals surface area contributed by atoms with Crippen molar-refractivity contribution in [2.75, 3.05) is 18.5 Å². The second-order valence-electron chi connectivity index (χ2n) is 4.89. The number of hydrogen-bond acceptors (Lipinski definition) is 3. The Morgan fingerprint density at radius 1 is 0.957 bits per heavy atom. The molecule has 4 nitrogen and oxygen atoms in total. The highest BCUT2D eigenvalue weighted by Gasteiger charge is 2.19. The molecule has 1 aliphatic heterocycles. The van der Waals surface area contributed by atoms with Crippen LogP contribution in [0.4, 0.5) is 18.9 Å². The van der Waals surface area contributed by atoms with Gasteiger partial charge in [0.15, 0.2) is 29.0 Å². The van der Waals surface area contributed by atoms with Gasteiger partial charge in [-0.15, -0.1) is 0 Å². The van der Waals surface area contributed by atoms with Crippen LogP contribution >= 0.6 is 0 Å². The molecule has 0 radical (unpaired) electrons. The summed E-state index contributed by atoms with van der Waals surface area (Å²) < 4.78 is 50.6. The first-order chi connectivity index (χ1) is 11.1. The molecule has 0 aromatic heterocycles. The maximum atomic E-state index is 13.6. The molecule has 0 spiro atoms. The maximum absolute atomic E-state index is 13.6. The smallest absolute Gasteiger partial charge is 0.258 e.